The van der Waals surface area contributed by atoms with E-state index in [1.54, 1.807) is 6.07 Å². The molecule has 2 atom stereocenters. The second kappa shape index (κ2) is 7.24. The zero-order valence-corrected chi connectivity index (χ0v) is 14.7. The molecule has 0 bridgehead atoms. The van der Waals surface area contributed by atoms with Crippen molar-refractivity contribution in [3.63, 3.8) is 0 Å². The molecule has 1 saturated heterocycles. The van der Waals surface area contributed by atoms with E-state index in [2.05, 4.69) is 15.3 Å². The van der Waals surface area contributed by atoms with Crippen LogP contribution in [0.3, 0.4) is 0 Å². The number of aliphatic hydroxyl groups is 1. The molecular formula is C19H21N5O3. The Hall–Kier alpha value is -3.13. The summed E-state index contributed by atoms with van der Waals surface area (Å²) in [6.45, 7) is 0.848. The first-order valence-corrected chi connectivity index (χ1v) is 8.85. The maximum atomic E-state index is 12.3. The summed E-state index contributed by atoms with van der Waals surface area (Å²) in [4.78, 5) is 22.4. The van der Waals surface area contributed by atoms with Gasteiger partial charge in [-0.2, -0.15) is 0 Å². The van der Waals surface area contributed by atoms with Crippen LogP contribution in [0, 0.1) is 0 Å². The highest BCUT2D eigenvalue weighted by atomic mass is 16.3. The third kappa shape index (κ3) is 3.85. The lowest BCUT2D eigenvalue weighted by atomic mass is 10.2. The topological polar surface area (TPSA) is 118 Å². The quantitative estimate of drug-likeness (QED) is 0.618. The minimum Gasteiger partial charge on any atom is -0.461 e. The summed E-state index contributed by atoms with van der Waals surface area (Å²) in [5.41, 5.74) is 6.50. The highest BCUT2D eigenvalue weighted by Gasteiger charge is 2.32. The van der Waals surface area contributed by atoms with Crippen LogP contribution in [0.5, 0.6) is 0 Å². The first-order valence-electron chi connectivity index (χ1n) is 8.85. The predicted molar refractivity (Wildman–Crippen MR) is 101 cm³/mol. The Morgan fingerprint density at radius 1 is 1.33 bits per heavy atom. The van der Waals surface area contributed by atoms with Crippen LogP contribution < -0.4 is 16.0 Å². The van der Waals surface area contributed by atoms with Crippen molar-refractivity contribution in [3.8, 4) is 0 Å². The molecule has 3 heterocycles. The van der Waals surface area contributed by atoms with Gasteiger partial charge in [0.05, 0.1) is 18.6 Å². The second-order valence-corrected chi connectivity index (χ2v) is 6.73. The predicted octanol–water partition coefficient (Wildman–Crippen LogP) is 1.10. The van der Waals surface area contributed by atoms with Crippen LogP contribution >= 0.6 is 0 Å². The fourth-order valence-electron chi connectivity index (χ4n) is 3.46. The smallest absolute Gasteiger partial charge is 0.227 e. The number of para-hydroxylation sites is 1. The van der Waals surface area contributed by atoms with E-state index in [0.717, 1.165) is 11.0 Å². The second-order valence-electron chi connectivity index (χ2n) is 6.73. The number of nitrogens with zero attached hydrogens (tertiary/aromatic N) is 3. The number of aliphatic hydroxyl groups excluding tert-OH is 1. The Balaban J connectivity index is 1.38. The van der Waals surface area contributed by atoms with Crippen molar-refractivity contribution in [2.24, 2.45) is 0 Å². The summed E-state index contributed by atoms with van der Waals surface area (Å²) in [7, 11) is 0. The van der Waals surface area contributed by atoms with Crippen molar-refractivity contribution in [1.29, 1.82) is 0 Å². The van der Waals surface area contributed by atoms with E-state index in [1.807, 2.05) is 35.2 Å². The first kappa shape index (κ1) is 17.3. The van der Waals surface area contributed by atoms with E-state index >= 15 is 0 Å². The maximum absolute atomic E-state index is 12.3. The van der Waals surface area contributed by atoms with Crippen LogP contribution in [0.15, 0.2) is 47.1 Å². The summed E-state index contributed by atoms with van der Waals surface area (Å²) < 4.78 is 5.69. The number of nitrogens with two attached hydrogens (primary N) is 1. The number of anilines is 2. The Bertz CT molecular complexity index is 924. The Labute approximate surface area is 156 Å². The summed E-state index contributed by atoms with van der Waals surface area (Å²) in [5, 5.41) is 13.9. The van der Waals surface area contributed by atoms with E-state index < -0.39 is 6.10 Å². The van der Waals surface area contributed by atoms with Crippen molar-refractivity contribution in [2.45, 2.75) is 25.0 Å². The monoisotopic (exact) mass is 367 g/mol. The average molecular weight is 367 g/mol. The molecule has 27 heavy (non-hydrogen) atoms. The van der Waals surface area contributed by atoms with Gasteiger partial charge in [-0.15, -0.1) is 0 Å². The molecule has 0 spiro atoms. The minimum absolute atomic E-state index is 0.0612. The van der Waals surface area contributed by atoms with Gasteiger partial charge in [-0.25, -0.2) is 9.97 Å². The number of fused-ring (bicyclic) bond motifs is 1. The number of amides is 1. The lowest BCUT2D eigenvalue weighted by molar-refractivity contribution is -0.120. The molecule has 1 amide bonds. The van der Waals surface area contributed by atoms with Crippen molar-refractivity contribution < 1.29 is 14.3 Å². The molecule has 0 saturated carbocycles. The number of furan rings is 1. The summed E-state index contributed by atoms with van der Waals surface area (Å²) in [6, 6.07) is 11.1. The third-order valence-electron chi connectivity index (χ3n) is 4.71. The average Bonchev–Trinajstić information content (AvgIpc) is 3.22. The normalized spacial score (nSPS) is 19.5. The van der Waals surface area contributed by atoms with E-state index in [9.17, 15) is 9.90 Å². The maximum Gasteiger partial charge on any atom is 0.227 e. The number of benzene rings is 1. The molecular weight excluding hydrogens is 346 g/mol. The van der Waals surface area contributed by atoms with Gasteiger partial charge in [0.25, 0.3) is 0 Å². The lowest BCUT2D eigenvalue weighted by Gasteiger charge is -2.25. The van der Waals surface area contributed by atoms with Crippen LogP contribution in [0.4, 0.5) is 11.6 Å². The molecule has 0 unspecified atom stereocenters. The third-order valence-corrected chi connectivity index (χ3v) is 4.71. The molecule has 3 aromatic rings. The van der Waals surface area contributed by atoms with Crippen LogP contribution in [0.25, 0.3) is 11.0 Å². The fraction of sp³-hybridized carbons (Fsp3) is 0.316. The molecule has 4 N–H and O–H groups in total. The van der Waals surface area contributed by atoms with Crippen LogP contribution in [0.2, 0.25) is 0 Å². The highest BCUT2D eigenvalue weighted by Crippen LogP contribution is 2.24. The van der Waals surface area contributed by atoms with E-state index in [1.165, 1.54) is 6.33 Å². The van der Waals surface area contributed by atoms with Crippen LogP contribution in [-0.2, 0) is 11.2 Å². The van der Waals surface area contributed by atoms with E-state index in [-0.39, 0.29) is 18.4 Å². The fourth-order valence-corrected chi connectivity index (χ4v) is 3.46. The van der Waals surface area contributed by atoms with Gasteiger partial charge < -0.3 is 25.5 Å². The number of aromatic nitrogens is 2. The molecule has 2 aromatic heterocycles. The molecule has 8 nitrogen and oxygen atoms in total. The Morgan fingerprint density at radius 2 is 2.19 bits per heavy atom. The zero-order valence-electron chi connectivity index (χ0n) is 14.7. The van der Waals surface area contributed by atoms with Gasteiger partial charge in [0.1, 0.15) is 29.3 Å². The minimum atomic E-state index is -0.474. The van der Waals surface area contributed by atoms with Crippen LogP contribution in [0.1, 0.15) is 12.2 Å². The van der Waals surface area contributed by atoms with Crippen molar-refractivity contribution in [3.05, 3.63) is 48.5 Å². The first-order chi connectivity index (χ1) is 13.1. The molecule has 0 radical (unpaired) electrons. The largest absolute Gasteiger partial charge is 0.461 e. The molecule has 1 aromatic carbocycles. The standard InChI is InChI=1S/C19H21N5O3/c20-17-8-18(23-11-22-17)24-10-14(25)6-13(24)9-21-19(26)7-15-5-12-3-1-2-4-16(12)27-15/h1-5,8,11,13-14,25H,6-7,9-10H2,(H,21,26)(H2,20,22,23)/t13-,14-/m1/s1. The van der Waals surface area contributed by atoms with Gasteiger partial charge in [0.15, 0.2) is 0 Å². The number of carbonyl (C=O) groups excluding carboxylic acids is 1. The zero-order chi connectivity index (χ0) is 18.8. The molecule has 140 valence electrons. The molecule has 0 aliphatic carbocycles. The number of hydrogen-bond acceptors (Lipinski definition) is 7. The number of carbonyl (C=O) groups is 1. The Kier molecular flexibility index (Phi) is 4.64. The van der Waals surface area contributed by atoms with Crippen molar-refractivity contribution in [2.75, 3.05) is 23.7 Å². The van der Waals surface area contributed by atoms with Gasteiger partial charge in [0, 0.05) is 24.5 Å². The van der Waals surface area contributed by atoms with Crippen LogP contribution in [-0.4, -0.2) is 46.2 Å². The summed E-state index contributed by atoms with van der Waals surface area (Å²) in [6.07, 6.45) is 1.64. The summed E-state index contributed by atoms with van der Waals surface area (Å²) >= 11 is 0. The van der Waals surface area contributed by atoms with Gasteiger partial charge in [-0.05, 0) is 18.6 Å². The lowest BCUT2D eigenvalue weighted by Crippen LogP contribution is -2.41. The van der Waals surface area contributed by atoms with Gasteiger partial charge in [-0.1, -0.05) is 18.2 Å². The molecule has 1 fully saturated rings. The van der Waals surface area contributed by atoms with Gasteiger partial charge in [-0.3, -0.25) is 4.79 Å². The van der Waals surface area contributed by atoms with Crippen molar-refractivity contribution in [1.82, 2.24) is 15.3 Å². The van der Waals surface area contributed by atoms with Gasteiger partial charge in [0.2, 0.25) is 5.91 Å². The number of nitrogens with one attached hydrogen (secondary N) is 1. The summed E-state index contributed by atoms with van der Waals surface area (Å²) in [5.74, 6) is 1.52. The van der Waals surface area contributed by atoms with Crippen molar-refractivity contribution >= 4 is 28.5 Å². The molecule has 8 heteroatoms. The molecule has 4 rings (SSSR count). The van der Waals surface area contributed by atoms with E-state index in [0.29, 0.717) is 36.9 Å². The molecule has 1 aliphatic rings. The highest BCUT2D eigenvalue weighted by molar-refractivity contribution is 5.82. The SMILES string of the molecule is Nc1cc(N2C[C@H](O)C[C@@H]2CNC(=O)Cc2cc3ccccc3o2)ncn1. The number of β-amino-alcohol motifs (C(OH)–C–C–N with tert-alkyl or cyclic N) is 1. The Morgan fingerprint density at radius 3 is 3.00 bits per heavy atom. The number of hydrogen-bond donors (Lipinski definition) is 3. The van der Waals surface area contributed by atoms with Gasteiger partial charge >= 0.3 is 0 Å². The number of rotatable bonds is 5. The number of nitrogen functional groups attached to an aromatic ring is 1. The molecule has 1 aliphatic heterocycles. The van der Waals surface area contributed by atoms with E-state index in [4.69, 9.17) is 10.2 Å².